The van der Waals surface area contributed by atoms with Crippen molar-refractivity contribution in [1.29, 1.82) is 0 Å². The number of nitrogens with zero attached hydrogens (tertiary/aromatic N) is 4. The standard InChI is InChI=1S/C17H14BrClN4O3/c1-25-17(24)15-13(5-14(19)21-22-15)26-8-11-7-23-6-10(9-2-3-9)4-12(18)16(23)20-11/h4-7,9H,2-3,8H2,1H3. The Morgan fingerprint density at radius 2 is 2.15 bits per heavy atom. The first-order valence-corrected chi connectivity index (χ1v) is 9.13. The Hall–Kier alpha value is -2.19. The Labute approximate surface area is 162 Å². The predicted molar refractivity (Wildman–Crippen MR) is 97.6 cm³/mol. The highest BCUT2D eigenvalue weighted by molar-refractivity contribution is 9.10. The van der Waals surface area contributed by atoms with E-state index in [1.807, 2.05) is 10.6 Å². The summed E-state index contributed by atoms with van der Waals surface area (Å²) in [5.41, 5.74) is 2.79. The monoisotopic (exact) mass is 436 g/mol. The maximum Gasteiger partial charge on any atom is 0.362 e. The number of hydrogen-bond donors (Lipinski definition) is 0. The summed E-state index contributed by atoms with van der Waals surface area (Å²) in [6.07, 6.45) is 6.46. The molecule has 1 saturated carbocycles. The fraction of sp³-hybridized carbons (Fsp3) is 0.294. The molecule has 3 heterocycles. The zero-order valence-electron chi connectivity index (χ0n) is 13.8. The number of carbonyl (C=O) groups is 1. The lowest BCUT2D eigenvalue weighted by Gasteiger charge is -2.07. The molecule has 7 nitrogen and oxygen atoms in total. The van der Waals surface area contributed by atoms with Crippen molar-refractivity contribution in [2.75, 3.05) is 7.11 Å². The van der Waals surface area contributed by atoms with Crippen LogP contribution >= 0.6 is 27.5 Å². The smallest absolute Gasteiger partial charge is 0.362 e. The predicted octanol–water partition coefficient (Wildman–Crippen LogP) is 3.78. The number of ether oxygens (including phenoxy) is 2. The summed E-state index contributed by atoms with van der Waals surface area (Å²) >= 11 is 9.43. The molecule has 4 rings (SSSR count). The number of aromatic nitrogens is 4. The van der Waals surface area contributed by atoms with Crippen LogP contribution in [0, 0.1) is 0 Å². The van der Waals surface area contributed by atoms with Gasteiger partial charge in [0.05, 0.1) is 17.3 Å². The molecule has 0 radical (unpaired) electrons. The van der Waals surface area contributed by atoms with Crippen LogP contribution in [0.1, 0.15) is 40.5 Å². The van der Waals surface area contributed by atoms with Crippen LogP contribution in [0.5, 0.6) is 5.75 Å². The van der Waals surface area contributed by atoms with Gasteiger partial charge in [-0.2, -0.15) is 0 Å². The molecule has 0 aromatic carbocycles. The van der Waals surface area contributed by atoms with Gasteiger partial charge < -0.3 is 13.9 Å². The van der Waals surface area contributed by atoms with Crippen LogP contribution in [0.3, 0.4) is 0 Å². The first-order chi connectivity index (χ1) is 12.5. The van der Waals surface area contributed by atoms with Crippen molar-refractivity contribution in [1.82, 2.24) is 19.6 Å². The molecular weight excluding hydrogens is 424 g/mol. The highest BCUT2D eigenvalue weighted by Gasteiger charge is 2.25. The highest BCUT2D eigenvalue weighted by atomic mass is 79.9. The minimum absolute atomic E-state index is 0.0298. The average molecular weight is 438 g/mol. The van der Waals surface area contributed by atoms with E-state index in [0.717, 1.165) is 10.1 Å². The summed E-state index contributed by atoms with van der Waals surface area (Å²) in [5.74, 6) is 0.202. The molecule has 0 atom stereocenters. The van der Waals surface area contributed by atoms with Crippen molar-refractivity contribution in [3.8, 4) is 5.75 Å². The number of halogens is 2. The van der Waals surface area contributed by atoms with Gasteiger partial charge in [0.1, 0.15) is 6.61 Å². The largest absolute Gasteiger partial charge is 0.484 e. The molecular formula is C17H14BrClN4O3. The zero-order valence-corrected chi connectivity index (χ0v) is 16.1. The minimum atomic E-state index is -0.643. The maximum atomic E-state index is 11.8. The molecule has 0 unspecified atom stereocenters. The van der Waals surface area contributed by atoms with E-state index < -0.39 is 5.97 Å². The van der Waals surface area contributed by atoms with Gasteiger partial charge in [0.15, 0.2) is 16.5 Å². The van der Waals surface area contributed by atoms with E-state index in [2.05, 4.69) is 48.1 Å². The lowest BCUT2D eigenvalue weighted by molar-refractivity contribution is 0.0586. The molecule has 3 aromatic heterocycles. The van der Waals surface area contributed by atoms with Gasteiger partial charge in [0.25, 0.3) is 0 Å². The van der Waals surface area contributed by atoms with E-state index in [1.54, 1.807) is 0 Å². The highest BCUT2D eigenvalue weighted by Crippen LogP contribution is 2.41. The summed E-state index contributed by atoms with van der Waals surface area (Å²) in [5, 5.41) is 7.52. The quantitative estimate of drug-likeness (QED) is 0.565. The third-order valence-electron chi connectivity index (χ3n) is 4.11. The van der Waals surface area contributed by atoms with Gasteiger partial charge in [-0.3, -0.25) is 0 Å². The number of fused-ring (bicyclic) bond motifs is 1. The first kappa shape index (κ1) is 17.2. The van der Waals surface area contributed by atoms with Gasteiger partial charge in [-0.05, 0) is 46.3 Å². The van der Waals surface area contributed by atoms with Crippen molar-refractivity contribution < 1.29 is 14.3 Å². The summed E-state index contributed by atoms with van der Waals surface area (Å²) in [7, 11) is 1.26. The van der Waals surface area contributed by atoms with Crippen molar-refractivity contribution in [2.24, 2.45) is 0 Å². The van der Waals surface area contributed by atoms with Crippen LogP contribution in [0.25, 0.3) is 5.65 Å². The van der Waals surface area contributed by atoms with Crippen molar-refractivity contribution in [2.45, 2.75) is 25.4 Å². The van der Waals surface area contributed by atoms with Gasteiger partial charge >= 0.3 is 5.97 Å². The molecule has 0 N–H and O–H groups in total. The van der Waals surface area contributed by atoms with Gasteiger partial charge in [0.2, 0.25) is 5.69 Å². The van der Waals surface area contributed by atoms with Crippen LogP contribution in [0.4, 0.5) is 0 Å². The second-order valence-corrected chi connectivity index (χ2v) is 7.26. The van der Waals surface area contributed by atoms with Gasteiger partial charge in [-0.15, -0.1) is 10.2 Å². The van der Waals surface area contributed by atoms with Crippen LogP contribution in [0.2, 0.25) is 5.15 Å². The minimum Gasteiger partial charge on any atom is -0.484 e. The number of carbonyl (C=O) groups excluding carboxylic acids is 1. The molecule has 1 aliphatic rings. The third kappa shape index (κ3) is 3.39. The fourth-order valence-electron chi connectivity index (χ4n) is 2.69. The average Bonchev–Trinajstić information content (AvgIpc) is 3.39. The molecule has 1 aliphatic carbocycles. The molecule has 1 fully saturated rings. The van der Waals surface area contributed by atoms with E-state index in [-0.39, 0.29) is 23.2 Å². The molecule has 134 valence electrons. The molecule has 0 amide bonds. The molecule has 9 heteroatoms. The summed E-state index contributed by atoms with van der Waals surface area (Å²) in [6, 6.07) is 3.55. The Kier molecular flexibility index (Phi) is 4.54. The molecule has 0 bridgehead atoms. The second kappa shape index (κ2) is 6.85. The van der Waals surface area contributed by atoms with Gasteiger partial charge in [0, 0.05) is 18.5 Å². The van der Waals surface area contributed by atoms with Crippen LogP contribution in [0.15, 0.2) is 29.0 Å². The normalized spacial score (nSPS) is 13.8. The fourth-order valence-corrected chi connectivity index (χ4v) is 3.38. The Bertz CT molecular complexity index is 1000. The van der Waals surface area contributed by atoms with E-state index in [9.17, 15) is 4.79 Å². The van der Waals surface area contributed by atoms with Gasteiger partial charge in [-0.25, -0.2) is 9.78 Å². The topological polar surface area (TPSA) is 78.6 Å². The van der Waals surface area contributed by atoms with Crippen molar-refractivity contribution in [3.63, 3.8) is 0 Å². The number of methoxy groups -OCH3 is 1. The summed E-state index contributed by atoms with van der Waals surface area (Å²) < 4.78 is 13.3. The number of esters is 1. The second-order valence-electron chi connectivity index (χ2n) is 6.02. The first-order valence-electron chi connectivity index (χ1n) is 7.96. The molecule has 0 saturated heterocycles. The lowest BCUT2D eigenvalue weighted by atomic mass is 10.2. The van der Waals surface area contributed by atoms with E-state index in [4.69, 9.17) is 16.3 Å². The van der Waals surface area contributed by atoms with Crippen molar-refractivity contribution >= 4 is 39.1 Å². The Morgan fingerprint density at radius 3 is 2.88 bits per heavy atom. The number of pyridine rings is 1. The van der Waals surface area contributed by atoms with Crippen molar-refractivity contribution in [3.05, 3.63) is 51.1 Å². The molecule has 26 heavy (non-hydrogen) atoms. The van der Waals surface area contributed by atoms with Gasteiger partial charge in [-0.1, -0.05) is 11.6 Å². The Balaban J connectivity index is 1.59. The van der Waals surface area contributed by atoms with E-state index in [1.165, 1.54) is 31.6 Å². The molecule has 0 spiro atoms. The molecule has 0 aliphatic heterocycles. The van der Waals surface area contributed by atoms with E-state index >= 15 is 0 Å². The third-order valence-corrected chi connectivity index (χ3v) is 4.88. The molecule has 3 aromatic rings. The number of rotatable bonds is 5. The Morgan fingerprint density at radius 1 is 1.35 bits per heavy atom. The number of imidazole rings is 1. The van der Waals surface area contributed by atoms with Crippen LogP contribution < -0.4 is 4.74 Å². The van der Waals surface area contributed by atoms with E-state index in [0.29, 0.717) is 11.6 Å². The maximum absolute atomic E-state index is 11.8. The lowest BCUT2D eigenvalue weighted by Crippen LogP contribution is -2.09. The summed E-state index contributed by atoms with van der Waals surface area (Å²) in [4.78, 5) is 16.3. The SMILES string of the molecule is COC(=O)c1nnc(Cl)cc1OCc1cn2cc(C3CC3)cc(Br)c2n1. The zero-order chi connectivity index (χ0) is 18.3. The van der Waals surface area contributed by atoms with Crippen LogP contribution in [-0.4, -0.2) is 32.7 Å². The van der Waals surface area contributed by atoms with Crippen LogP contribution in [-0.2, 0) is 11.3 Å². The summed E-state index contributed by atoms with van der Waals surface area (Å²) in [6.45, 7) is 0.152. The number of hydrogen-bond acceptors (Lipinski definition) is 6.